The zero-order valence-electron chi connectivity index (χ0n) is 7.37. The van der Waals surface area contributed by atoms with Crippen LogP contribution in [-0.4, -0.2) is 29.5 Å². The first-order valence-corrected chi connectivity index (χ1v) is 5.29. The molecule has 0 aromatic heterocycles. The van der Waals surface area contributed by atoms with Gasteiger partial charge in [-0.15, -0.1) is 0 Å². The third kappa shape index (κ3) is 3.13. The average molecular weight is 281 g/mol. The predicted molar refractivity (Wildman–Crippen MR) is 60.7 cm³/mol. The van der Waals surface area contributed by atoms with Crippen LogP contribution in [0.3, 0.4) is 0 Å². The molecule has 0 heterocycles. The third-order valence-corrected chi connectivity index (χ3v) is 3.09. The number of hydrogen-bond donors (Lipinski definition) is 3. The van der Waals surface area contributed by atoms with Crippen LogP contribution < -0.4 is 5.32 Å². The molecule has 14 heavy (non-hydrogen) atoms. The number of aliphatic hydroxyl groups is 2. The number of benzene rings is 1. The zero-order valence-corrected chi connectivity index (χ0v) is 9.72. The summed E-state index contributed by atoms with van der Waals surface area (Å²) >= 11 is 9.18. The molecule has 0 amide bonds. The summed E-state index contributed by atoms with van der Waals surface area (Å²) in [6.45, 7) is 0.0284. The highest BCUT2D eigenvalue weighted by Gasteiger charge is 2.05. The lowest BCUT2D eigenvalue weighted by Crippen LogP contribution is -2.23. The summed E-state index contributed by atoms with van der Waals surface area (Å²) in [6.07, 6.45) is -0.763. The van der Waals surface area contributed by atoms with E-state index in [1.54, 1.807) is 12.1 Å². The van der Waals surface area contributed by atoms with E-state index in [1.807, 2.05) is 6.07 Å². The van der Waals surface area contributed by atoms with Gasteiger partial charge < -0.3 is 15.5 Å². The highest BCUT2D eigenvalue weighted by Crippen LogP contribution is 2.29. The monoisotopic (exact) mass is 279 g/mol. The van der Waals surface area contributed by atoms with Crippen molar-refractivity contribution in [2.45, 2.75) is 6.10 Å². The van der Waals surface area contributed by atoms with Crippen LogP contribution in [0, 0.1) is 0 Å². The standard InChI is InChI=1S/C9H11BrClNO2/c10-9-7(11)2-1-3-8(9)12-4-6(14)5-13/h1-3,6,12-14H,4-5H2. The number of anilines is 1. The van der Waals surface area contributed by atoms with E-state index >= 15 is 0 Å². The van der Waals surface area contributed by atoms with Crippen LogP contribution in [0.15, 0.2) is 22.7 Å². The third-order valence-electron chi connectivity index (χ3n) is 1.69. The first-order chi connectivity index (χ1) is 6.65. The van der Waals surface area contributed by atoms with Gasteiger partial charge in [0.05, 0.1) is 27.9 Å². The fraction of sp³-hybridized carbons (Fsp3) is 0.333. The second-order valence-electron chi connectivity index (χ2n) is 2.82. The molecule has 1 aromatic rings. The van der Waals surface area contributed by atoms with Gasteiger partial charge in [0.15, 0.2) is 0 Å². The van der Waals surface area contributed by atoms with Gasteiger partial charge in [-0.1, -0.05) is 17.7 Å². The van der Waals surface area contributed by atoms with Crippen molar-refractivity contribution in [2.75, 3.05) is 18.5 Å². The lowest BCUT2D eigenvalue weighted by Gasteiger charge is -2.12. The van der Waals surface area contributed by atoms with E-state index in [-0.39, 0.29) is 13.2 Å². The van der Waals surface area contributed by atoms with Crippen LogP contribution in [0.1, 0.15) is 0 Å². The highest BCUT2D eigenvalue weighted by atomic mass is 79.9. The second-order valence-corrected chi connectivity index (χ2v) is 4.02. The van der Waals surface area contributed by atoms with Gasteiger partial charge in [-0.2, -0.15) is 0 Å². The van der Waals surface area contributed by atoms with Gasteiger partial charge in [-0.3, -0.25) is 0 Å². The SMILES string of the molecule is OCC(O)CNc1cccc(Cl)c1Br. The van der Waals surface area contributed by atoms with Crippen molar-refractivity contribution in [3.63, 3.8) is 0 Å². The molecule has 78 valence electrons. The molecule has 0 saturated heterocycles. The molecular formula is C9H11BrClNO2. The minimum absolute atomic E-state index is 0.259. The van der Waals surface area contributed by atoms with Gasteiger partial charge in [0, 0.05) is 6.54 Å². The first kappa shape index (κ1) is 11.8. The molecule has 3 N–H and O–H groups in total. The summed E-state index contributed by atoms with van der Waals surface area (Å²) in [5.74, 6) is 0. The molecule has 1 aromatic carbocycles. The summed E-state index contributed by atoms with van der Waals surface area (Å²) in [4.78, 5) is 0. The predicted octanol–water partition coefficient (Wildman–Crippen LogP) is 1.87. The molecule has 3 nitrogen and oxygen atoms in total. The molecular weight excluding hydrogens is 269 g/mol. The molecule has 0 saturated carbocycles. The molecule has 1 unspecified atom stereocenters. The van der Waals surface area contributed by atoms with Crippen LogP contribution in [0.25, 0.3) is 0 Å². The summed E-state index contributed by atoms with van der Waals surface area (Å²) in [5, 5.41) is 21.3. The largest absolute Gasteiger partial charge is 0.394 e. The maximum absolute atomic E-state index is 9.12. The van der Waals surface area contributed by atoms with Crippen molar-refractivity contribution < 1.29 is 10.2 Å². The smallest absolute Gasteiger partial charge is 0.0942 e. The topological polar surface area (TPSA) is 52.5 Å². The van der Waals surface area contributed by atoms with Crippen LogP contribution in [0.5, 0.6) is 0 Å². The summed E-state index contributed by atoms with van der Waals surface area (Å²) < 4.78 is 0.756. The van der Waals surface area contributed by atoms with Gasteiger partial charge in [0.1, 0.15) is 0 Å². The fourth-order valence-electron chi connectivity index (χ4n) is 0.933. The Kier molecular flexibility index (Phi) is 4.68. The van der Waals surface area contributed by atoms with Gasteiger partial charge in [-0.05, 0) is 28.1 Å². The van der Waals surface area contributed by atoms with E-state index in [9.17, 15) is 0 Å². The fourth-order valence-corrected chi connectivity index (χ4v) is 1.51. The molecule has 0 fully saturated rings. The van der Waals surface area contributed by atoms with Gasteiger partial charge in [0.25, 0.3) is 0 Å². The Morgan fingerprint density at radius 2 is 2.21 bits per heavy atom. The van der Waals surface area contributed by atoms with Gasteiger partial charge >= 0.3 is 0 Å². The van der Waals surface area contributed by atoms with Crippen molar-refractivity contribution in [2.24, 2.45) is 0 Å². The number of halogens is 2. The Hall–Kier alpha value is -0.290. The molecule has 0 aliphatic heterocycles. The van der Waals surface area contributed by atoms with Crippen LogP contribution in [0.4, 0.5) is 5.69 Å². The number of aliphatic hydroxyl groups excluding tert-OH is 2. The van der Waals surface area contributed by atoms with E-state index in [2.05, 4.69) is 21.2 Å². The van der Waals surface area contributed by atoms with E-state index in [0.29, 0.717) is 5.02 Å². The molecule has 0 spiro atoms. The Labute approximate surface area is 95.8 Å². The van der Waals surface area contributed by atoms with E-state index in [0.717, 1.165) is 10.2 Å². The van der Waals surface area contributed by atoms with Crippen molar-refractivity contribution in [1.82, 2.24) is 0 Å². The van der Waals surface area contributed by atoms with Crippen LogP contribution >= 0.6 is 27.5 Å². The summed E-state index contributed by atoms with van der Waals surface area (Å²) in [6, 6.07) is 5.40. The van der Waals surface area contributed by atoms with Crippen molar-refractivity contribution in [3.8, 4) is 0 Å². The van der Waals surface area contributed by atoms with Crippen molar-refractivity contribution >= 4 is 33.2 Å². The number of nitrogens with one attached hydrogen (secondary N) is 1. The van der Waals surface area contributed by atoms with Gasteiger partial charge in [0.2, 0.25) is 0 Å². The summed E-state index contributed by atoms with van der Waals surface area (Å²) in [7, 11) is 0. The maximum Gasteiger partial charge on any atom is 0.0942 e. The molecule has 1 atom stereocenters. The number of hydrogen-bond acceptors (Lipinski definition) is 3. The van der Waals surface area contributed by atoms with E-state index in [1.165, 1.54) is 0 Å². The number of rotatable bonds is 4. The maximum atomic E-state index is 9.12. The molecule has 0 bridgehead atoms. The van der Waals surface area contributed by atoms with Gasteiger partial charge in [-0.25, -0.2) is 0 Å². The Morgan fingerprint density at radius 3 is 2.86 bits per heavy atom. The molecule has 0 aliphatic rings. The van der Waals surface area contributed by atoms with E-state index < -0.39 is 6.10 Å². The molecule has 0 radical (unpaired) electrons. The Balaban J connectivity index is 2.63. The highest BCUT2D eigenvalue weighted by molar-refractivity contribution is 9.10. The molecule has 0 aliphatic carbocycles. The van der Waals surface area contributed by atoms with Crippen molar-refractivity contribution in [1.29, 1.82) is 0 Å². The minimum atomic E-state index is -0.763. The zero-order chi connectivity index (χ0) is 10.6. The lowest BCUT2D eigenvalue weighted by atomic mass is 10.3. The Morgan fingerprint density at radius 1 is 1.50 bits per heavy atom. The normalized spacial score (nSPS) is 12.6. The average Bonchev–Trinajstić information content (AvgIpc) is 2.20. The van der Waals surface area contributed by atoms with E-state index in [4.69, 9.17) is 21.8 Å². The first-order valence-electron chi connectivity index (χ1n) is 4.12. The van der Waals surface area contributed by atoms with Crippen LogP contribution in [0.2, 0.25) is 5.02 Å². The molecule has 5 heteroatoms. The lowest BCUT2D eigenvalue weighted by molar-refractivity contribution is 0.105. The molecule has 1 rings (SSSR count). The Bertz CT molecular complexity index is 309. The summed E-state index contributed by atoms with van der Waals surface area (Å²) in [5.41, 5.74) is 0.796. The minimum Gasteiger partial charge on any atom is -0.394 e. The quantitative estimate of drug-likeness (QED) is 0.789. The van der Waals surface area contributed by atoms with Crippen molar-refractivity contribution in [3.05, 3.63) is 27.7 Å². The second kappa shape index (κ2) is 5.56. The van der Waals surface area contributed by atoms with Crippen LogP contribution in [-0.2, 0) is 0 Å².